The number of rotatable bonds is 5. The van der Waals surface area contributed by atoms with Gasteiger partial charge in [0.15, 0.2) is 0 Å². The molecule has 1 saturated heterocycles. The molecule has 1 aromatic heterocycles. The number of sulfonamides is 2. The van der Waals surface area contributed by atoms with Crippen LogP contribution in [-0.4, -0.2) is 57.4 Å². The molecule has 10 heteroatoms. The monoisotopic (exact) mass is 353 g/mol. The van der Waals surface area contributed by atoms with E-state index in [1.807, 2.05) is 0 Å². The van der Waals surface area contributed by atoms with Crippen LogP contribution in [0.1, 0.15) is 13.3 Å². The van der Waals surface area contributed by atoms with Gasteiger partial charge in [0, 0.05) is 37.2 Å². The Labute approximate surface area is 129 Å². The first-order chi connectivity index (χ1) is 9.77. The van der Waals surface area contributed by atoms with E-state index in [4.69, 9.17) is 5.73 Å². The van der Waals surface area contributed by atoms with Crippen molar-refractivity contribution in [2.45, 2.75) is 17.6 Å². The van der Waals surface area contributed by atoms with Gasteiger partial charge >= 0.3 is 0 Å². The van der Waals surface area contributed by atoms with E-state index in [9.17, 15) is 16.8 Å². The van der Waals surface area contributed by atoms with E-state index in [0.717, 1.165) is 11.3 Å². The Morgan fingerprint density at radius 3 is 2.19 bits per heavy atom. The predicted molar refractivity (Wildman–Crippen MR) is 83.1 cm³/mol. The van der Waals surface area contributed by atoms with Crippen LogP contribution in [0.5, 0.6) is 0 Å². The Balaban J connectivity index is 2.08. The zero-order valence-electron chi connectivity index (χ0n) is 11.7. The third-order valence-corrected chi connectivity index (χ3v) is 8.65. The Hall–Kier alpha value is -0.680. The fourth-order valence-corrected chi connectivity index (χ4v) is 6.32. The molecule has 0 spiro atoms. The molecule has 2 heterocycles. The van der Waals surface area contributed by atoms with Gasteiger partial charge in [0.1, 0.15) is 4.21 Å². The van der Waals surface area contributed by atoms with Gasteiger partial charge in [0.05, 0.1) is 5.75 Å². The minimum Gasteiger partial charge on any atom is -0.398 e. The normalized spacial score (nSPS) is 18.9. The molecular formula is C11H19N3O4S3. The van der Waals surface area contributed by atoms with E-state index < -0.39 is 20.0 Å². The molecule has 21 heavy (non-hydrogen) atoms. The molecule has 0 saturated carbocycles. The third-order valence-electron chi connectivity index (χ3n) is 3.24. The van der Waals surface area contributed by atoms with E-state index in [1.165, 1.54) is 14.7 Å². The summed E-state index contributed by atoms with van der Waals surface area (Å²) < 4.78 is 51.6. The average Bonchev–Trinajstić information content (AvgIpc) is 2.86. The maximum Gasteiger partial charge on any atom is 0.252 e. The second kappa shape index (κ2) is 6.21. The predicted octanol–water partition coefficient (Wildman–Crippen LogP) is 0.376. The van der Waals surface area contributed by atoms with Crippen molar-refractivity contribution in [3.8, 4) is 0 Å². The number of thiophene rings is 1. The van der Waals surface area contributed by atoms with Crippen molar-refractivity contribution >= 4 is 37.1 Å². The molecule has 0 aromatic carbocycles. The highest BCUT2D eigenvalue weighted by Crippen LogP contribution is 2.26. The van der Waals surface area contributed by atoms with Crippen LogP contribution in [0, 0.1) is 0 Å². The molecule has 0 unspecified atom stereocenters. The number of nitrogen functional groups attached to an aromatic ring is 1. The number of hydrogen-bond donors (Lipinski definition) is 1. The smallest absolute Gasteiger partial charge is 0.252 e. The summed E-state index contributed by atoms with van der Waals surface area (Å²) in [6, 6.07) is 1.43. The molecule has 1 aliphatic rings. The van der Waals surface area contributed by atoms with E-state index in [2.05, 4.69) is 0 Å². The van der Waals surface area contributed by atoms with Gasteiger partial charge in [-0.3, -0.25) is 0 Å². The second-order valence-electron chi connectivity index (χ2n) is 4.82. The largest absolute Gasteiger partial charge is 0.398 e. The van der Waals surface area contributed by atoms with Crippen LogP contribution in [0.4, 0.5) is 5.69 Å². The zero-order chi connectivity index (χ0) is 15.7. The lowest BCUT2D eigenvalue weighted by atomic mass is 10.4. The topological polar surface area (TPSA) is 101 Å². The van der Waals surface area contributed by atoms with Gasteiger partial charge in [-0.1, -0.05) is 6.92 Å². The summed E-state index contributed by atoms with van der Waals surface area (Å²) in [7, 11) is -6.84. The average molecular weight is 353 g/mol. The third kappa shape index (κ3) is 3.57. The molecular weight excluding hydrogens is 334 g/mol. The molecule has 7 nitrogen and oxygen atoms in total. The summed E-state index contributed by atoms with van der Waals surface area (Å²) in [6.45, 7) is 2.54. The van der Waals surface area contributed by atoms with Crippen molar-refractivity contribution < 1.29 is 16.8 Å². The summed E-state index contributed by atoms with van der Waals surface area (Å²) in [5, 5.41) is 1.58. The first kappa shape index (κ1) is 16.7. The molecule has 2 rings (SSSR count). The van der Waals surface area contributed by atoms with Crippen LogP contribution in [0.2, 0.25) is 0 Å². The van der Waals surface area contributed by atoms with Crippen molar-refractivity contribution in [1.29, 1.82) is 0 Å². The maximum atomic E-state index is 12.4. The number of nitrogens with zero attached hydrogens (tertiary/aromatic N) is 2. The highest BCUT2D eigenvalue weighted by Gasteiger charge is 2.33. The van der Waals surface area contributed by atoms with Gasteiger partial charge in [-0.25, -0.2) is 16.8 Å². The van der Waals surface area contributed by atoms with Crippen LogP contribution in [0.15, 0.2) is 15.7 Å². The highest BCUT2D eigenvalue weighted by atomic mass is 32.2. The van der Waals surface area contributed by atoms with Crippen LogP contribution in [0.3, 0.4) is 0 Å². The molecule has 120 valence electrons. The van der Waals surface area contributed by atoms with E-state index in [-0.39, 0.29) is 36.1 Å². The van der Waals surface area contributed by atoms with Crippen molar-refractivity contribution in [3.05, 3.63) is 11.4 Å². The standard InChI is InChI=1S/C11H19N3O4S3/c1-2-7-20(15,16)13-3-5-14(6-4-13)21(17,18)11-8-10(12)9-19-11/h8-9H,2-7,12H2,1H3. The van der Waals surface area contributed by atoms with Crippen molar-refractivity contribution in [2.24, 2.45) is 0 Å². The Morgan fingerprint density at radius 1 is 1.14 bits per heavy atom. The Morgan fingerprint density at radius 2 is 1.71 bits per heavy atom. The summed E-state index contributed by atoms with van der Waals surface area (Å²) in [5.74, 6) is 0.0984. The van der Waals surface area contributed by atoms with Gasteiger partial charge in [-0.2, -0.15) is 8.61 Å². The molecule has 1 aromatic rings. The Kier molecular flexibility index (Phi) is 4.93. The van der Waals surface area contributed by atoms with E-state index in [0.29, 0.717) is 12.1 Å². The minimum atomic E-state index is -3.57. The lowest BCUT2D eigenvalue weighted by Gasteiger charge is -2.32. The second-order valence-corrected chi connectivity index (χ2v) is 9.98. The van der Waals surface area contributed by atoms with Gasteiger partial charge in [0.2, 0.25) is 10.0 Å². The Bertz CT molecular complexity index is 688. The number of hydrogen-bond acceptors (Lipinski definition) is 6. The van der Waals surface area contributed by atoms with Crippen LogP contribution in [-0.2, 0) is 20.0 Å². The highest BCUT2D eigenvalue weighted by molar-refractivity contribution is 7.91. The summed E-state index contributed by atoms with van der Waals surface area (Å²) in [4.78, 5) is 0. The van der Waals surface area contributed by atoms with Crippen LogP contribution in [0.25, 0.3) is 0 Å². The molecule has 0 aliphatic carbocycles. The molecule has 0 bridgehead atoms. The zero-order valence-corrected chi connectivity index (χ0v) is 14.2. The van der Waals surface area contributed by atoms with Gasteiger partial charge < -0.3 is 5.73 Å². The lowest BCUT2D eigenvalue weighted by molar-refractivity contribution is 0.273. The molecule has 1 aliphatic heterocycles. The summed E-state index contributed by atoms with van der Waals surface area (Å²) in [5.41, 5.74) is 5.98. The summed E-state index contributed by atoms with van der Waals surface area (Å²) in [6.07, 6.45) is 0.551. The number of piperazine rings is 1. The van der Waals surface area contributed by atoms with Gasteiger partial charge in [-0.15, -0.1) is 11.3 Å². The first-order valence-corrected chi connectivity index (χ1v) is 10.5. The molecule has 1 fully saturated rings. The SMILES string of the molecule is CCCS(=O)(=O)N1CCN(S(=O)(=O)c2cc(N)cs2)CC1. The maximum absolute atomic E-state index is 12.4. The van der Waals surface area contributed by atoms with E-state index in [1.54, 1.807) is 12.3 Å². The quantitative estimate of drug-likeness (QED) is 0.824. The fourth-order valence-electron chi connectivity index (χ4n) is 2.17. The van der Waals surface area contributed by atoms with Crippen LogP contribution >= 0.6 is 11.3 Å². The fraction of sp³-hybridized carbons (Fsp3) is 0.636. The molecule has 0 amide bonds. The van der Waals surface area contributed by atoms with E-state index >= 15 is 0 Å². The van der Waals surface area contributed by atoms with Gasteiger partial charge in [0.25, 0.3) is 10.0 Å². The van der Waals surface area contributed by atoms with Crippen LogP contribution < -0.4 is 5.73 Å². The van der Waals surface area contributed by atoms with Crippen molar-refractivity contribution in [3.63, 3.8) is 0 Å². The number of anilines is 1. The molecule has 2 N–H and O–H groups in total. The lowest BCUT2D eigenvalue weighted by Crippen LogP contribution is -2.50. The molecule has 0 atom stereocenters. The van der Waals surface area contributed by atoms with Crippen molar-refractivity contribution in [2.75, 3.05) is 37.7 Å². The minimum absolute atomic E-state index is 0.0984. The first-order valence-electron chi connectivity index (χ1n) is 6.59. The summed E-state index contributed by atoms with van der Waals surface area (Å²) >= 11 is 1.08. The molecule has 0 radical (unpaired) electrons. The van der Waals surface area contributed by atoms with Crippen molar-refractivity contribution in [1.82, 2.24) is 8.61 Å². The van der Waals surface area contributed by atoms with Gasteiger partial charge in [-0.05, 0) is 12.5 Å². The number of nitrogens with two attached hydrogens (primary N) is 1.